The quantitative estimate of drug-likeness (QED) is 0.419. The van der Waals surface area contributed by atoms with Crippen molar-refractivity contribution in [3.63, 3.8) is 0 Å². The van der Waals surface area contributed by atoms with Crippen LogP contribution in [-0.4, -0.2) is 34.9 Å². The monoisotopic (exact) mass is 457 g/mol. The number of anilines is 1. The molecule has 1 amide bonds. The molecule has 0 bridgehead atoms. The number of nitrogens with one attached hydrogen (secondary N) is 1. The molecule has 0 aliphatic heterocycles. The van der Waals surface area contributed by atoms with Crippen LogP contribution >= 0.6 is 0 Å². The van der Waals surface area contributed by atoms with Gasteiger partial charge in [-0.15, -0.1) is 0 Å². The van der Waals surface area contributed by atoms with Gasteiger partial charge in [0, 0.05) is 42.0 Å². The van der Waals surface area contributed by atoms with Gasteiger partial charge in [0.15, 0.2) is 0 Å². The maximum absolute atomic E-state index is 12.5. The maximum Gasteiger partial charge on any atom is 0.229 e. The molecule has 0 saturated carbocycles. The molecule has 2 heterocycles. The predicted molar refractivity (Wildman–Crippen MR) is 126 cm³/mol. The highest BCUT2D eigenvalue weighted by molar-refractivity contribution is 5.92. The number of nitrogens with zero attached hydrogens (tertiary/aromatic N) is 4. The summed E-state index contributed by atoms with van der Waals surface area (Å²) in [6.07, 6.45) is 5.14. The van der Waals surface area contributed by atoms with Crippen LogP contribution in [0.15, 0.2) is 55.0 Å². The van der Waals surface area contributed by atoms with Gasteiger partial charge < -0.3 is 19.5 Å². The molecule has 0 radical (unpaired) electrons. The Kier molecular flexibility index (Phi) is 6.59. The number of aryl methyl sites for hydroxylation is 1. The second-order valence-electron chi connectivity index (χ2n) is 7.38. The first kappa shape index (κ1) is 22.6. The fourth-order valence-electron chi connectivity index (χ4n) is 3.53. The lowest BCUT2D eigenvalue weighted by Crippen LogP contribution is -2.14. The maximum atomic E-state index is 12.5. The molecule has 0 aliphatic rings. The number of methoxy groups -OCH3 is 2. The van der Waals surface area contributed by atoms with Crippen molar-refractivity contribution in [2.45, 2.75) is 19.9 Å². The van der Waals surface area contributed by atoms with E-state index in [1.807, 2.05) is 6.92 Å². The van der Waals surface area contributed by atoms with Gasteiger partial charge in [0.1, 0.15) is 29.1 Å². The molecule has 0 spiro atoms. The molecule has 4 rings (SSSR count). The van der Waals surface area contributed by atoms with Crippen molar-refractivity contribution in [3.05, 3.63) is 66.1 Å². The van der Waals surface area contributed by atoms with Gasteiger partial charge >= 0.3 is 0 Å². The number of hydrogen-bond acceptors (Lipinski definition) is 7. The summed E-state index contributed by atoms with van der Waals surface area (Å²) in [5.74, 6) is 1.85. The lowest BCUT2D eigenvalue weighted by molar-refractivity contribution is -0.115. The van der Waals surface area contributed by atoms with Crippen LogP contribution < -0.4 is 19.5 Å². The van der Waals surface area contributed by atoms with E-state index in [1.54, 1.807) is 66.8 Å². The third-order valence-corrected chi connectivity index (χ3v) is 5.22. The summed E-state index contributed by atoms with van der Waals surface area (Å²) >= 11 is 0. The Morgan fingerprint density at radius 3 is 2.65 bits per heavy atom. The van der Waals surface area contributed by atoms with Gasteiger partial charge in [-0.1, -0.05) is 6.07 Å². The van der Waals surface area contributed by atoms with Crippen LogP contribution in [0.3, 0.4) is 0 Å². The van der Waals surface area contributed by atoms with Crippen LogP contribution in [0.25, 0.3) is 10.9 Å². The van der Waals surface area contributed by atoms with Crippen molar-refractivity contribution in [2.24, 2.45) is 0 Å². The Bertz CT molecular complexity index is 1390. The number of carbonyl (C=O) groups excluding carboxylic acids is 1. The molecular weight excluding hydrogens is 434 g/mol. The van der Waals surface area contributed by atoms with Crippen molar-refractivity contribution in [3.8, 4) is 29.1 Å². The lowest BCUT2D eigenvalue weighted by Gasteiger charge is -2.13. The lowest BCUT2D eigenvalue weighted by atomic mass is 10.1. The first-order chi connectivity index (χ1) is 16.5. The number of hydrogen-bond donors (Lipinski definition) is 1. The first-order valence-electron chi connectivity index (χ1n) is 10.6. The zero-order valence-corrected chi connectivity index (χ0v) is 19.0. The Hall–Kier alpha value is -4.58. The van der Waals surface area contributed by atoms with Crippen LogP contribution in [0.1, 0.15) is 18.1 Å². The molecule has 0 fully saturated rings. The van der Waals surface area contributed by atoms with Crippen LogP contribution in [0.2, 0.25) is 0 Å². The number of carbonyl (C=O) groups is 1. The van der Waals surface area contributed by atoms with Gasteiger partial charge in [-0.3, -0.25) is 14.5 Å². The average Bonchev–Trinajstić information content (AvgIpc) is 3.31. The molecule has 2 aromatic carbocycles. The highest BCUT2D eigenvalue weighted by Gasteiger charge is 2.14. The number of fused-ring (bicyclic) bond motifs is 1. The van der Waals surface area contributed by atoms with Crippen molar-refractivity contribution in [2.75, 3.05) is 19.5 Å². The molecular formula is C25H23N5O4. The van der Waals surface area contributed by atoms with E-state index in [-0.39, 0.29) is 12.3 Å². The second-order valence-corrected chi connectivity index (χ2v) is 7.38. The molecule has 0 atom stereocenters. The minimum atomic E-state index is -0.180. The summed E-state index contributed by atoms with van der Waals surface area (Å²) in [6.45, 7) is 2.70. The highest BCUT2D eigenvalue weighted by Crippen LogP contribution is 2.34. The van der Waals surface area contributed by atoms with Gasteiger partial charge in [-0.25, -0.2) is 0 Å². The first-order valence-corrected chi connectivity index (χ1v) is 10.6. The minimum Gasteiger partial charge on any atom is -0.496 e. The summed E-state index contributed by atoms with van der Waals surface area (Å²) in [7, 11) is 3.05. The summed E-state index contributed by atoms with van der Waals surface area (Å²) in [6, 6.07) is 12.5. The number of aromatic nitrogens is 3. The third-order valence-electron chi connectivity index (χ3n) is 5.22. The van der Waals surface area contributed by atoms with Gasteiger partial charge in [-0.05, 0) is 25.1 Å². The zero-order chi connectivity index (χ0) is 24.1. The van der Waals surface area contributed by atoms with Gasteiger partial charge in [-0.2, -0.15) is 10.4 Å². The van der Waals surface area contributed by atoms with Crippen molar-refractivity contribution in [1.29, 1.82) is 5.26 Å². The SMILES string of the molecule is CCn1cc(NC(=O)Cc2ccc(Oc3ccnc4cc(OC)c(C#N)cc34)cc2OC)cn1. The predicted octanol–water partition coefficient (Wildman–Crippen LogP) is 4.31. The number of ether oxygens (including phenoxy) is 3. The molecule has 172 valence electrons. The molecule has 9 heteroatoms. The van der Waals surface area contributed by atoms with E-state index in [2.05, 4.69) is 21.5 Å². The van der Waals surface area contributed by atoms with E-state index < -0.39 is 0 Å². The summed E-state index contributed by atoms with van der Waals surface area (Å²) in [5.41, 5.74) is 2.38. The third kappa shape index (κ3) is 4.76. The van der Waals surface area contributed by atoms with Crippen LogP contribution in [0.5, 0.6) is 23.0 Å². The Labute approximate surface area is 196 Å². The number of nitriles is 1. The van der Waals surface area contributed by atoms with E-state index in [0.29, 0.717) is 50.7 Å². The van der Waals surface area contributed by atoms with E-state index >= 15 is 0 Å². The topological polar surface area (TPSA) is 111 Å². The van der Waals surface area contributed by atoms with Crippen LogP contribution in [-0.2, 0) is 17.8 Å². The second kappa shape index (κ2) is 9.92. The Morgan fingerprint density at radius 2 is 1.94 bits per heavy atom. The van der Waals surface area contributed by atoms with Crippen LogP contribution in [0.4, 0.5) is 5.69 Å². The molecule has 1 N–H and O–H groups in total. The fourth-order valence-corrected chi connectivity index (χ4v) is 3.53. The molecule has 2 aromatic heterocycles. The van der Waals surface area contributed by atoms with Crippen molar-refractivity contribution in [1.82, 2.24) is 14.8 Å². The highest BCUT2D eigenvalue weighted by atomic mass is 16.5. The standard InChI is InChI=1S/C25H23N5O4/c1-4-30-15-18(14-28-30)29-25(31)10-16-5-6-19(11-23(16)32-2)34-22-7-8-27-21-12-24(33-3)17(13-26)9-20(21)22/h5-9,11-12,14-15H,4,10H2,1-3H3,(H,29,31). The molecule has 0 unspecified atom stereocenters. The average molecular weight is 457 g/mol. The Balaban J connectivity index is 1.55. The van der Waals surface area contributed by atoms with Crippen molar-refractivity contribution < 1.29 is 19.0 Å². The molecule has 0 saturated heterocycles. The zero-order valence-electron chi connectivity index (χ0n) is 19.0. The molecule has 34 heavy (non-hydrogen) atoms. The fraction of sp³-hybridized carbons (Fsp3) is 0.200. The summed E-state index contributed by atoms with van der Waals surface area (Å²) in [4.78, 5) is 16.8. The smallest absolute Gasteiger partial charge is 0.229 e. The van der Waals surface area contributed by atoms with E-state index in [0.717, 1.165) is 6.54 Å². The van der Waals surface area contributed by atoms with E-state index in [9.17, 15) is 10.1 Å². The van der Waals surface area contributed by atoms with E-state index in [1.165, 1.54) is 7.11 Å². The van der Waals surface area contributed by atoms with Crippen molar-refractivity contribution >= 4 is 22.5 Å². The minimum absolute atomic E-state index is 0.129. The van der Waals surface area contributed by atoms with Gasteiger partial charge in [0.2, 0.25) is 5.91 Å². The van der Waals surface area contributed by atoms with Gasteiger partial charge in [0.05, 0.1) is 43.6 Å². The number of rotatable bonds is 8. The summed E-state index contributed by atoms with van der Waals surface area (Å²) in [5, 5.41) is 17.1. The normalized spacial score (nSPS) is 10.5. The number of amides is 1. The largest absolute Gasteiger partial charge is 0.496 e. The number of pyridine rings is 1. The van der Waals surface area contributed by atoms with E-state index in [4.69, 9.17) is 14.2 Å². The van der Waals surface area contributed by atoms with Crippen LogP contribution in [0, 0.1) is 11.3 Å². The molecule has 4 aromatic rings. The molecule has 9 nitrogen and oxygen atoms in total. The van der Waals surface area contributed by atoms with Gasteiger partial charge in [0.25, 0.3) is 0 Å². The Morgan fingerprint density at radius 1 is 1.12 bits per heavy atom. The summed E-state index contributed by atoms with van der Waals surface area (Å²) < 4.78 is 18.6. The number of benzene rings is 2. The molecule has 0 aliphatic carbocycles.